The molecule has 0 aromatic heterocycles. The van der Waals surface area contributed by atoms with E-state index in [1.165, 1.54) is 17.8 Å². The Morgan fingerprint density at radius 2 is 2.03 bits per heavy atom. The van der Waals surface area contributed by atoms with E-state index >= 15 is 0 Å². The van der Waals surface area contributed by atoms with Crippen LogP contribution in [0.5, 0.6) is 0 Å². The molecule has 2 aliphatic rings. The zero-order valence-electron chi connectivity index (χ0n) is 16.2. The highest BCUT2D eigenvalue weighted by Gasteiger charge is 2.47. The van der Waals surface area contributed by atoms with Crippen molar-refractivity contribution in [3.05, 3.63) is 69.7 Å². The number of ether oxygens (including phenoxy) is 1. The van der Waals surface area contributed by atoms with Crippen LogP contribution in [0.2, 0.25) is 0 Å². The number of nitrogens with one attached hydrogen (secondary N) is 1. The third-order valence-corrected chi connectivity index (χ3v) is 7.30. The number of carbonyl (C=O) groups excluding carboxylic acids is 1. The minimum atomic E-state index is -0.814. The summed E-state index contributed by atoms with van der Waals surface area (Å²) in [5.41, 5.74) is 0.442. The van der Waals surface area contributed by atoms with Gasteiger partial charge in [0.05, 0.1) is 10.0 Å². The second kappa shape index (κ2) is 9.06. The molecule has 0 spiro atoms. The number of fused-ring (bicyclic) bond motifs is 1. The molecule has 1 saturated carbocycles. The molecule has 1 aliphatic carbocycles. The first-order valence-corrected chi connectivity index (χ1v) is 11.6. The molecule has 0 radical (unpaired) electrons. The number of rotatable bonds is 3. The van der Waals surface area contributed by atoms with Gasteiger partial charge in [0.25, 0.3) is 0 Å². The monoisotopic (exact) mass is 494 g/mol. The van der Waals surface area contributed by atoms with Crippen LogP contribution in [0.15, 0.2) is 51.9 Å². The van der Waals surface area contributed by atoms with Crippen LogP contribution in [0.4, 0.5) is 13.6 Å². The summed E-state index contributed by atoms with van der Waals surface area (Å²) in [5.74, 6) is -0.429. The van der Waals surface area contributed by atoms with Crippen LogP contribution in [-0.2, 0) is 16.9 Å². The van der Waals surface area contributed by atoms with Gasteiger partial charge in [-0.1, -0.05) is 54.9 Å². The average Bonchev–Trinajstić information content (AvgIpc) is 2.75. The minimum absolute atomic E-state index is 0.119. The van der Waals surface area contributed by atoms with Crippen molar-refractivity contribution in [2.45, 2.75) is 37.8 Å². The summed E-state index contributed by atoms with van der Waals surface area (Å²) >= 11 is 4.61. The van der Waals surface area contributed by atoms with Crippen molar-refractivity contribution < 1.29 is 18.3 Å². The SMILES string of the molecule is O=C(NC1=N[C@@]2(c3cc(Br)c(F)cc3F)CCCC[C@H]2CS1)OCc1ccccc1. The summed E-state index contributed by atoms with van der Waals surface area (Å²) in [6.07, 6.45) is 2.91. The van der Waals surface area contributed by atoms with Crippen LogP contribution in [-0.4, -0.2) is 17.0 Å². The highest BCUT2D eigenvalue weighted by molar-refractivity contribution is 9.10. The molecule has 2 aromatic carbocycles. The van der Waals surface area contributed by atoms with E-state index in [-0.39, 0.29) is 17.0 Å². The molecule has 1 aliphatic heterocycles. The van der Waals surface area contributed by atoms with Gasteiger partial charge in [0, 0.05) is 17.4 Å². The van der Waals surface area contributed by atoms with E-state index in [9.17, 15) is 13.6 Å². The quantitative estimate of drug-likeness (QED) is 0.521. The molecular formula is C22H21BrF2N2O2S. The zero-order valence-corrected chi connectivity index (χ0v) is 18.6. The lowest BCUT2D eigenvalue weighted by Gasteiger charge is -2.44. The van der Waals surface area contributed by atoms with E-state index in [0.717, 1.165) is 30.9 Å². The number of hydrogen-bond donors (Lipinski definition) is 1. The van der Waals surface area contributed by atoms with Crippen LogP contribution >= 0.6 is 27.7 Å². The van der Waals surface area contributed by atoms with E-state index in [1.54, 1.807) is 0 Å². The van der Waals surface area contributed by atoms with Crippen molar-refractivity contribution in [2.75, 3.05) is 5.75 Å². The Labute approximate surface area is 186 Å². The molecule has 158 valence electrons. The standard InChI is InChI=1S/C22H21BrF2N2O2S/c23-17-10-16(18(24)11-19(17)25)22-9-5-4-8-15(22)13-30-20(27-22)26-21(28)29-12-14-6-2-1-3-7-14/h1-3,6-7,10-11,15H,4-5,8-9,12-13H2,(H,26,27,28)/t15-,22-/m0/s1. The van der Waals surface area contributed by atoms with Crippen molar-refractivity contribution in [1.82, 2.24) is 5.32 Å². The highest BCUT2D eigenvalue weighted by atomic mass is 79.9. The molecule has 4 rings (SSSR count). The molecule has 8 heteroatoms. The lowest BCUT2D eigenvalue weighted by Crippen LogP contribution is -2.45. The Bertz CT molecular complexity index is 973. The number of alkyl carbamates (subject to hydrolysis) is 1. The van der Waals surface area contributed by atoms with E-state index in [0.29, 0.717) is 22.9 Å². The van der Waals surface area contributed by atoms with E-state index in [1.807, 2.05) is 30.3 Å². The van der Waals surface area contributed by atoms with Gasteiger partial charge < -0.3 is 4.74 Å². The van der Waals surface area contributed by atoms with Crippen LogP contribution in [0.3, 0.4) is 0 Å². The van der Waals surface area contributed by atoms with Crippen molar-refractivity contribution in [3.8, 4) is 0 Å². The Balaban J connectivity index is 1.57. The number of carbonyl (C=O) groups is 1. The Kier molecular flexibility index (Phi) is 6.43. The number of nitrogens with zero attached hydrogens (tertiary/aromatic N) is 1. The van der Waals surface area contributed by atoms with Gasteiger partial charge in [0.15, 0.2) is 5.17 Å². The number of amides is 1. The summed E-state index contributed by atoms with van der Waals surface area (Å²) in [6, 6.07) is 11.8. The first-order valence-electron chi connectivity index (χ1n) is 9.83. The fourth-order valence-corrected chi connectivity index (χ4v) is 5.70. The van der Waals surface area contributed by atoms with Crippen molar-refractivity contribution in [1.29, 1.82) is 0 Å². The molecule has 1 N–H and O–H groups in total. The van der Waals surface area contributed by atoms with Crippen LogP contribution in [0.1, 0.15) is 36.8 Å². The number of hydrogen-bond acceptors (Lipinski definition) is 4. The molecule has 0 saturated heterocycles. The smallest absolute Gasteiger partial charge is 0.413 e. The number of amidine groups is 1. The molecule has 0 unspecified atom stereocenters. The van der Waals surface area contributed by atoms with Gasteiger partial charge in [0.1, 0.15) is 18.2 Å². The summed E-state index contributed by atoms with van der Waals surface area (Å²) in [5, 5.41) is 3.11. The molecule has 1 fully saturated rings. The topological polar surface area (TPSA) is 50.7 Å². The molecule has 1 amide bonds. The lowest BCUT2D eigenvalue weighted by atomic mass is 9.69. The molecule has 2 atom stereocenters. The first-order chi connectivity index (χ1) is 14.5. The number of aliphatic imine (C=N–C) groups is 1. The third kappa shape index (κ3) is 4.39. The predicted molar refractivity (Wildman–Crippen MR) is 117 cm³/mol. The van der Waals surface area contributed by atoms with Crippen molar-refractivity contribution >= 4 is 39.0 Å². The van der Waals surface area contributed by atoms with E-state index in [4.69, 9.17) is 9.73 Å². The van der Waals surface area contributed by atoms with Gasteiger partial charge >= 0.3 is 6.09 Å². The van der Waals surface area contributed by atoms with Gasteiger partial charge in [-0.15, -0.1) is 0 Å². The minimum Gasteiger partial charge on any atom is -0.444 e. The maximum Gasteiger partial charge on any atom is 0.413 e. The van der Waals surface area contributed by atoms with Gasteiger partial charge in [-0.25, -0.2) is 13.6 Å². The van der Waals surface area contributed by atoms with Crippen LogP contribution in [0.25, 0.3) is 0 Å². The fraction of sp³-hybridized carbons (Fsp3) is 0.364. The van der Waals surface area contributed by atoms with Gasteiger partial charge in [-0.2, -0.15) is 0 Å². The predicted octanol–water partition coefficient (Wildman–Crippen LogP) is 6.14. The number of halogens is 3. The van der Waals surface area contributed by atoms with Gasteiger partial charge in [-0.3, -0.25) is 10.3 Å². The number of thioether (sulfide) groups is 1. The highest BCUT2D eigenvalue weighted by Crippen LogP contribution is 2.50. The normalized spacial score (nSPS) is 23.3. The second-order valence-corrected chi connectivity index (χ2v) is 9.39. The molecule has 0 bridgehead atoms. The summed E-state index contributed by atoms with van der Waals surface area (Å²) < 4.78 is 34.2. The summed E-state index contributed by atoms with van der Waals surface area (Å²) in [4.78, 5) is 17.1. The molecule has 4 nitrogen and oxygen atoms in total. The maximum atomic E-state index is 14.8. The summed E-state index contributed by atoms with van der Waals surface area (Å²) in [7, 11) is 0. The Morgan fingerprint density at radius 3 is 2.83 bits per heavy atom. The number of benzene rings is 2. The van der Waals surface area contributed by atoms with E-state index in [2.05, 4.69) is 21.2 Å². The second-order valence-electron chi connectivity index (χ2n) is 7.53. The first kappa shape index (κ1) is 21.3. The van der Waals surface area contributed by atoms with Gasteiger partial charge in [-0.05, 0) is 46.3 Å². The van der Waals surface area contributed by atoms with Crippen LogP contribution < -0.4 is 5.32 Å². The molecule has 2 aromatic rings. The Hall–Kier alpha value is -1.93. The van der Waals surface area contributed by atoms with Crippen LogP contribution in [0, 0.1) is 17.6 Å². The van der Waals surface area contributed by atoms with Gasteiger partial charge in [0.2, 0.25) is 0 Å². The molecule has 30 heavy (non-hydrogen) atoms. The average molecular weight is 495 g/mol. The summed E-state index contributed by atoms with van der Waals surface area (Å²) in [6.45, 7) is 0.151. The largest absolute Gasteiger partial charge is 0.444 e. The fourth-order valence-electron chi connectivity index (χ4n) is 4.17. The zero-order chi connectivity index (χ0) is 21.1. The molecule has 1 heterocycles. The van der Waals surface area contributed by atoms with Crippen molar-refractivity contribution in [3.63, 3.8) is 0 Å². The Morgan fingerprint density at radius 1 is 1.23 bits per heavy atom. The molecular weight excluding hydrogens is 474 g/mol. The lowest BCUT2D eigenvalue weighted by molar-refractivity contribution is 0.145. The van der Waals surface area contributed by atoms with E-state index < -0.39 is 23.3 Å². The third-order valence-electron chi connectivity index (χ3n) is 5.66. The van der Waals surface area contributed by atoms with Crippen molar-refractivity contribution in [2.24, 2.45) is 10.9 Å². The maximum absolute atomic E-state index is 14.8.